The van der Waals surface area contributed by atoms with Crippen LogP contribution in [0.5, 0.6) is 11.5 Å². The number of hydrogen-bond donors (Lipinski definition) is 0. The number of ether oxygens (including phenoxy) is 2. The molecule has 6 heteroatoms. The minimum atomic E-state index is -0.232. The van der Waals surface area contributed by atoms with Gasteiger partial charge >= 0.3 is 0 Å². The van der Waals surface area contributed by atoms with Crippen LogP contribution < -0.4 is 14.4 Å². The predicted molar refractivity (Wildman–Crippen MR) is 98.3 cm³/mol. The first-order valence-electron chi connectivity index (χ1n) is 8.80. The van der Waals surface area contributed by atoms with E-state index < -0.39 is 0 Å². The van der Waals surface area contributed by atoms with Gasteiger partial charge in [-0.25, -0.2) is 4.39 Å². The fraction of sp³-hybridized carbons (Fsp3) is 0.350. The van der Waals surface area contributed by atoms with Crippen LogP contribution in [-0.2, 0) is 4.79 Å². The molecule has 0 spiro atoms. The molecule has 2 aromatic carbocycles. The number of rotatable bonds is 6. The van der Waals surface area contributed by atoms with E-state index in [2.05, 4.69) is 0 Å². The van der Waals surface area contributed by atoms with Crippen LogP contribution in [0.2, 0.25) is 0 Å². The van der Waals surface area contributed by atoms with E-state index in [9.17, 15) is 9.18 Å². The van der Waals surface area contributed by atoms with Gasteiger partial charge in [-0.1, -0.05) is 18.2 Å². The fourth-order valence-corrected chi connectivity index (χ4v) is 2.96. The van der Waals surface area contributed by atoms with Gasteiger partial charge in [-0.2, -0.15) is 0 Å². The van der Waals surface area contributed by atoms with Gasteiger partial charge in [0.05, 0.1) is 12.3 Å². The van der Waals surface area contributed by atoms with Gasteiger partial charge in [-0.05, 0) is 31.2 Å². The van der Waals surface area contributed by atoms with Gasteiger partial charge in [0, 0.05) is 32.2 Å². The molecule has 1 saturated heterocycles. The molecule has 0 unspecified atom stereocenters. The molecule has 1 aliphatic heterocycles. The molecule has 26 heavy (non-hydrogen) atoms. The Morgan fingerprint density at radius 3 is 2.38 bits per heavy atom. The summed E-state index contributed by atoms with van der Waals surface area (Å²) in [5.41, 5.74) is 0.587. The Morgan fingerprint density at radius 1 is 1.00 bits per heavy atom. The molecular formula is C20H23FN2O3. The van der Waals surface area contributed by atoms with E-state index in [0.29, 0.717) is 44.2 Å². The zero-order chi connectivity index (χ0) is 18.4. The molecule has 0 radical (unpaired) electrons. The van der Waals surface area contributed by atoms with Crippen LogP contribution in [-0.4, -0.2) is 50.2 Å². The number of para-hydroxylation sites is 1. The van der Waals surface area contributed by atoms with Gasteiger partial charge < -0.3 is 19.3 Å². The van der Waals surface area contributed by atoms with E-state index in [1.165, 1.54) is 6.07 Å². The predicted octanol–water partition coefficient (Wildman–Crippen LogP) is 2.95. The zero-order valence-corrected chi connectivity index (χ0v) is 14.9. The maximum Gasteiger partial charge on any atom is 0.260 e. The van der Waals surface area contributed by atoms with Gasteiger partial charge in [0.2, 0.25) is 0 Å². The lowest BCUT2D eigenvalue weighted by molar-refractivity contribution is -0.133. The van der Waals surface area contributed by atoms with Crippen LogP contribution in [0.4, 0.5) is 10.1 Å². The van der Waals surface area contributed by atoms with Crippen molar-refractivity contribution in [2.45, 2.75) is 6.92 Å². The van der Waals surface area contributed by atoms with Crippen molar-refractivity contribution in [3.8, 4) is 11.5 Å². The van der Waals surface area contributed by atoms with Gasteiger partial charge in [0.1, 0.15) is 17.3 Å². The molecule has 3 rings (SSSR count). The molecule has 2 aromatic rings. The van der Waals surface area contributed by atoms with Crippen molar-refractivity contribution in [3.63, 3.8) is 0 Å². The molecule has 0 aliphatic carbocycles. The monoisotopic (exact) mass is 358 g/mol. The molecule has 0 atom stereocenters. The molecule has 0 aromatic heterocycles. The first kappa shape index (κ1) is 18.0. The second-order valence-corrected chi connectivity index (χ2v) is 6.02. The third-order valence-electron chi connectivity index (χ3n) is 4.30. The Bertz CT molecular complexity index is 745. The Morgan fingerprint density at radius 2 is 1.69 bits per heavy atom. The SMILES string of the molecule is CCOc1cccc(OCC(=O)N2CCN(c3ccccc3F)CC2)c1. The summed E-state index contributed by atoms with van der Waals surface area (Å²) in [5, 5.41) is 0. The number of halogens is 1. The minimum absolute atomic E-state index is 0.0186. The van der Waals surface area contributed by atoms with Crippen molar-refractivity contribution >= 4 is 11.6 Å². The number of benzene rings is 2. The van der Waals surface area contributed by atoms with Gasteiger partial charge in [0.15, 0.2) is 6.61 Å². The third kappa shape index (κ3) is 4.45. The van der Waals surface area contributed by atoms with Crippen LogP contribution in [0, 0.1) is 5.82 Å². The van der Waals surface area contributed by atoms with E-state index in [1.807, 2.05) is 30.0 Å². The number of anilines is 1. The highest BCUT2D eigenvalue weighted by molar-refractivity contribution is 5.78. The summed E-state index contributed by atoms with van der Waals surface area (Å²) in [6.45, 7) is 4.78. The zero-order valence-electron chi connectivity index (χ0n) is 14.9. The lowest BCUT2D eigenvalue weighted by atomic mass is 10.2. The van der Waals surface area contributed by atoms with E-state index in [-0.39, 0.29) is 18.3 Å². The van der Waals surface area contributed by atoms with Gasteiger partial charge in [-0.3, -0.25) is 4.79 Å². The first-order chi connectivity index (χ1) is 12.7. The highest BCUT2D eigenvalue weighted by Gasteiger charge is 2.22. The van der Waals surface area contributed by atoms with Gasteiger partial charge in [0.25, 0.3) is 5.91 Å². The molecular weight excluding hydrogens is 335 g/mol. The fourth-order valence-electron chi connectivity index (χ4n) is 2.96. The quantitative estimate of drug-likeness (QED) is 0.796. The van der Waals surface area contributed by atoms with Crippen molar-refractivity contribution in [1.29, 1.82) is 0 Å². The van der Waals surface area contributed by atoms with Crippen molar-refractivity contribution in [3.05, 3.63) is 54.3 Å². The molecule has 1 heterocycles. The van der Waals surface area contributed by atoms with E-state index >= 15 is 0 Å². The molecule has 138 valence electrons. The minimum Gasteiger partial charge on any atom is -0.494 e. The molecule has 0 saturated carbocycles. The van der Waals surface area contributed by atoms with E-state index in [0.717, 1.165) is 5.75 Å². The van der Waals surface area contributed by atoms with Crippen molar-refractivity contribution < 1.29 is 18.7 Å². The molecule has 0 N–H and O–H groups in total. The lowest BCUT2D eigenvalue weighted by Gasteiger charge is -2.36. The first-order valence-corrected chi connectivity index (χ1v) is 8.80. The molecule has 0 bridgehead atoms. The molecule has 5 nitrogen and oxygen atoms in total. The Labute approximate surface area is 152 Å². The summed E-state index contributed by atoms with van der Waals surface area (Å²) >= 11 is 0. The molecule has 1 amide bonds. The maximum absolute atomic E-state index is 13.9. The topological polar surface area (TPSA) is 42.0 Å². The largest absolute Gasteiger partial charge is 0.494 e. The van der Waals surface area contributed by atoms with Gasteiger partial charge in [-0.15, -0.1) is 0 Å². The van der Waals surface area contributed by atoms with Crippen molar-refractivity contribution in [1.82, 2.24) is 4.90 Å². The second-order valence-electron chi connectivity index (χ2n) is 6.02. The number of amides is 1. The number of carbonyl (C=O) groups excluding carboxylic acids is 1. The number of piperazine rings is 1. The third-order valence-corrected chi connectivity index (χ3v) is 4.30. The Hall–Kier alpha value is -2.76. The summed E-state index contributed by atoms with van der Waals surface area (Å²) in [6, 6.07) is 14.0. The van der Waals surface area contributed by atoms with E-state index in [1.54, 1.807) is 29.2 Å². The summed E-state index contributed by atoms with van der Waals surface area (Å²) in [4.78, 5) is 16.1. The highest BCUT2D eigenvalue weighted by atomic mass is 19.1. The van der Waals surface area contributed by atoms with Crippen LogP contribution in [0.1, 0.15) is 6.92 Å². The molecule has 1 aliphatic rings. The van der Waals surface area contributed by atoms with Crippen molar-refractivity contribution in [2.75, 3.05) is 44.3 Å². The standard InChI is InChI=1S/C20H23FN2O3/c1-2-25-16-6-5-7-17(14-16)26-15-20(24)23-12-10-22(11-13-23)19-9-4-3-8-18(19)21/h3-9,14H,2,10-13,15H2,1H3. The van der Waals surface area contributed by atoms with Crippen LogP contribution in [0.25, 0.3) is 0 Å². The summed E-state index contributed by atoms with van der Waals surface area (Å²) in [5.74, 6) is 1.02. The Kier molecular flexibility index (Phi) is 5.94. The lowest BCUT2D eigenvalue weighted by Crippen LogP contribution is -2.50. The Balaban J connectivity index is 1.49. The number of hydrogen-bond acceptors (Lipinski definition) is 4. The molecule has 1 fully saturated rings. The number of nitrogens with zero attached hydrogens (tertiary/aromatic N) is 2. The van der Waals surface area contributed by atoms with Crippen molar-refractivity contribution in [2.24, 2.45) is 0 Å². The summed E-state index contributed by atoms with van der Waals surface area (Å²) in [7, 11) is 0. The number of carbonyl (C=O) groups is 1. The van der Waals surface area contributed by atoms with Crippen LogP contribution in [0.3, 0.4) is 0 Å². The normalized spacial score (nSPS) is 14.2. The summed E-state index contributed by atoms with van der Waals surface area (Å²) in [6.07, 6.45) is 0. The van der Waals surface area contributed by atoms with Crippen LogP contribution in [0.15, 0.2) is 48.5 Å². The highest BCUT2D eigenvalue weighted by Crippen LogP contribution is 2.21. The summed E-state index contributed by atoms with van der Waals surface area (Å²) < 4.78 is 24.9. The van der Waals surface area contributed by atoms with Crippen LogP contribution >= 0.6 is 0 Å². The van der Waals surface area contributed by atoms with E-state index in [4.69, 9.17) is 9.47 Å². The maximum atomic E-state index is 13.9. The smallest absolute Gasteiger partial charge is 0.260 e. The second kappa shape index (κ2) is 8.56. The average molecular weight is 358 g/mol. The average Bonchev–Trinajstić information content (AvgIpc) is 2.67.